The van der Waals surface area contributed by atoms with Gasteiger partial charge in [0.1, 0.15) is 5.60 Å². The zero-order chi connectivity index (χ0) is 14.5. The summed E-state index contributed by atoms with van der Waals surface area (Å²) in [6.07, 6.45) is 3.81. The topological polar surface area (TPSA) is 41.6 Å². The first-order chi connectivity index (χ1) is 8.81. The lowest BCUT2D eigenvalue weighted by Gasteiger charge is -2.33. The monoisotopic (exact) mass is 268 g/mol. The molecule has 1 heterocycles. The fourth-order valence-corrected chi connectivity index (χ4v) is 2.08. The highest BCUT2D eigenvalue weighted by Crippen LogP contribution is 2.19. The van der Waals surface area contributed by atoms with Gasteiger partial charge in [0.05, 0.1) is 0 Å². The molecule has 19 heavy (non-hydrogen) atoms. The van der Waals surface area contributed by atoms with E-state index in [1.807, 2.05) is 31.7 Å². The van der Waals surface area contributed by atoms with Gasteiger partial charge in [-0.05, 0) is 53.0 Å². The number of rotatable bonds is 4. The molecule has 1 fully saturated rings. The van der Waals surface area contributed by atoms with Crippen molar-refractivity contribution in [3.63, 3.8) is 0 Å². The van der Waals surface area contributed by atoms with Gasteiger partial charge < -0.3 is 15.0 Å². The van der Waals surface area contributed by atoms with Gasteiger partial charge in [0.25, 0.3) is 0 Å². The second-order valence-electron chi connectivity index (χ2n) is 6.34. The maximum atomic E-state index is 11.9. The molecule has 1 saturated heterocycles. The Morgan fingerprint density at radius 1 is 1.47 bits per heavy atom. The second kappa shape index (κ2) is 6.94. The lowest BCUT2D eigenvalue weighted by atomic mass is 9.97. The molecule has 110 valence electrons. The van der Waals surface area contributed by atoms with Gasteiger partial charge in [-0.15, -0.1) is 6.58 Å². The molecule has 4 heteroatoms. The normalized spacial score (nSPS) is 19.1. The van der Waals surface area contributed by atoms with Crippen LogP contribution < -0.4 is 5.32 Å². The summed E-state index contributed by atoms with van der Waals surface area (Å²) in [7, 11) is 0. The number of piperidine rings is 1. The van der Waals surface area contributed by atoms with Crippen molar-refractivity contribution >= 4 is 6.09 Å². The van der Waals surface area contributed by atoms with Crippen LogP contribution in [0.5, 0.6) is 0 Å². The first-order valence-electron chi connectivity index (χ1n) is 7.15. The molecule has 1 rings (SSSR count). The number of hydrogen-bond donors (Lipinski definition) is 1. The summed E-state index contributed by atoms with van der Waals surface area (Å²) >= 11 is 0. The lowest BCUT2D eigenvalue weighted by Crippen LogP contribution is -2.43. The molecular weight excluding hydrogens is 240 g/mol. The zero-order valence-electron chi connectivity index (χ0n) is 12.7. The molecule has 1 N–H and O–H groups in total. The molecule has 1 aliphatic heterocycles. The third-order valence-corrected chi connectivity index (χ3v) is 3.35. The summed E-state index contributed by atoms with van der Waals surface area (Å²) in [5.74, 6) is 0.640. The molecule has 0 aromatic heterocycles. The third-order valence-electron chi connectivity index (χ3n) is 3.35. The van der Waals surface area contributed by atoms with Crippen LogP contribution in [0, 0.1) is 5.92 Å². The highest BCUT2D eigenvalue weighted by molar-refractivity contribution is 5.68. The van der Waals surface area contributed by atoms with Crippen molar-refractivity contribution in [3.05, 3.63) is 12.7 Å². The minimum absolute atomic E-state index is 0.182. The maximum absolute atomic E-state index is 11.9. The van der Waals surface area contributed by atoms with Crippen LogP contribution in [-0.4, -0.2) is 42.3 Å². The molecule has 1 aliphatic rings. The molecular formula is C15H28N2O2. The van der Waals surface area contributed by atoms with Crippen LogP contribution in [0.4, 0.5) is 4.79 Å². The number of ether oxygens (including phenoxy) is 1. The first-order valence-corrected chi connectivity index (χ1v) is 7.15. The van der Waals surface area contributed by atoms with E-state index in [9.17, 15) is 4.79 Å². The number of likely N-dealkylation sites (tertiary alicyclic amines) is 1. The fourth-order valence-electron chi connectivity index (χ4n) is 2.08. The van der Waals surface area contributed by atoms with E-state index in [1.165, 1.54) is 0 Å². The van der Waals surface area contributed by atoms with Gasteiger partial charge in [-0.3, -0.25) is 0 Å². The molecule has 4 nitrogen and oxygen atoms in total. The standard InChI is InChI=1S/C15H28N2O2/c1-6-12(2)16-11-13-7-9-17(10-8-13)14(18)19-15(3,4)5/h6,12-13,16H,1,7-11H2,2-5H3. The zero-order valence-corrected chi connectivity index (χ0v) is 12.7. The average molecular weight is 268 g/mol. The van der Waals surface area contributed by atoms with Gasteiger partial charge in [-0.25, -0.2) is 4.79 Å². The molecule has 1 amide bonds. The van der Waals surface area contributed by atoms with Gasteiger partial charge in [0, 0.05) is 19.1 Å². The Hall–Kier alpha value is -1.03. The second-order valence-corrected chi connectivity index (χ2v) is 6.34. The Labute approximate surface area is 117 Å². The molecule has 0 radical (unpaired) electrons. The minimum Gasteiger partial charge on any atom is -0.444 e. The van der Waals surface area contributed by atoms with Gasteiger partial charge in [-0.1, -0.05) is 6.08 Å². The van der Waals surface area contributed by atoms with Crippen molar-refractivity contribution in [1.29, 1.82) is 0 Å². The fraction of sp³-hybridized carbons (Fsp3) is 0.800. The SMILES string of the molecule is C=CC(C)NCC1CCN(C(=O)OC(C)(C)C)CC1. The van der Waals surface area contributed by atoms with Crippen LogP contribution in [0.15, 0.2) is 12.7 Å². The number of carbonyl (C=O) groups excluding carboxylic acids is 1. The Morgan fingerprint density at radius 2 is 2.05 bits per heavy atom. The van der Waals surface area contributed by atoms with Crippen molar-refractivity contribution < 1.29 is 9.53 Å². The van der Waals surface area contributed by atoms with Crippen molar-refractivity contribution in [2.45, 2.75) is 52.2 Å². The quantitative estimate of drug-likeness (QED) is 0.797. The summed E-state index contributed by atoms with van der Waals surface area (Å²) in [4.78, 5) is 13.7. The van der Waals surface area contributed by atoms with E-state index in [-0.39, 0.29) is 6.09 Å². The van der Waals surface area contributed by atoms with Gasteiger partial charge in [0.2, 0.25) is 0 Å². The highest BCUT2D eigenvalue weighted by atomic mass is 16.6. The Kier molecular flexibility index (Phi) is 5.85. The molecule has 0 aromatic carbocycles. The Morgan fingerprint density at radius 3 is 2.53 bits per heavy atom. The number of nitrogens with one attached hydrogen (secondary N) is 1. The van der Waals surface area contributed by atoms with E-state index in [2.05, 4.69) is 18.8 Å². The van der Waals surface area contributed by atoms with E-state index in [0.29, 0.717) is 12.0 Å². The predicted octanol–water partition coefficient (Wildman–Crippen LogP) is 2.80. The average Bonchev–Trinajstić information content (AvgIpc) is 2.34. The summed E-state index contributed by atoms with van der Waals surface area (Å²) in [5, 5.41) is 3.43. The molecule has 1 atom stereocenters. The van der Waals surface area contributed by atoms with Crippen molar-refractivity contribution in [2.75, 3.05) is 19.6 Å². The van der Waals surface area contributed by atoms with Crippen LogP contribution in [0.2, 0.25) is 0 Å². The molecule has 0 aliphatic carbocycles. The summed E-state index contributed by atoms with van der Waals surface area (Å²) in [5.41, 5.74) is -0.408. The smallest absolute Gasteiger partial charge is 0.410 e. The van der Waals surface area contributed by atoms with Crippen LogP contribution in [0.3, 0.4) is 0 Å². The Bertz CT molecular complexity index is 302. The summed E-state index contributed by atoms with van der Waals surface area (Å²) < 4.78 is 5.39. The summed E-state index contributed by atoms with van der Waals surface area (Å²) in [6.45, 7) is 14.2. The summed E-state index contributed by atoms with van der Waals surface area (Å²) in [6, 6.07) is 0.351. The van der Waals surface area contributed by atoms with E-state index >= 15 is 0 Å². The molecule has 1 unspecified atom stereocenters. The number of nitrogens with zero attached hydrogens (tertiary/aromatic N) is 1. The number of carbonyl (C=O) groups is 1. The van der Waals surface area contributed by atoms with Crippen molar-refractivity contribution in [2.24, 2.45) is 5.92 Å². The minimum atomic E-state index is -0.408. The van der Waals surface area contributed by atoms with Gasteiger partial charge >= 0.3 is 6.09 Å². The van der Waals surface area contributed by atoms with Crippen LogP contribution in [0.25, 0.3) is 0 Å². The van der Waals surface area contributed by atoms with Crippen LogP contribution in [0.1, 0.15) is 40.5 Å². The van der Waals surface area contributed by atoms with E-state index in [0.717, 1.165) is 32.5 Å². The van der Waals surface area contributed by atoms with E-state index < -0.39 is 5.60 Å². The van der Waals surface area contributed by atoms with Gasteiger partial charge in [-0.2, -0.15) is 0 Å². The highest BCUT2D eigenvalue weighted by Gasteiger charge is 2.26. The number of hydrogen-bond acceptors (Lipinski definition) is 3. The van der Waals surface area contributed by atoms with E-state index in [4.69, 9.17) is 4.74 Å². The molecule has 0 saturated carbocycles. The van der Waals surface area contributed by atoms with Crippen LogP contribution in [-0.2, 0) is 4.74 Å². The third kappa shape index (κ3) is 6.10. The largest absolute Gasteiger partial charge is 0.444 e. The maximum Gasteiger partial charge on any atom is 0.410 e. The number of amides is 1. The predicted molar refractivity (Wildman–Crippen MR) is 78.2 cm³/mol. The lowest BCUT2D eigenvalue weighted by molar-refractivity contribution is 0.0184. The Balaban J connectivity index is 2.28. The molecule has 0 aromatic rings. The van der Waals surface area contributed by atoms with Gasteiger partial charge in [0.15, 0.2) is 0 Å². The van der Waals surface area contributed by atoms with Crippen LogP contribution >= 0.6 is 0 Å². The van der Waals surface area contributed by atoms with Crippen molar-refractivity contribution in [3.8, 4) is 0 Å². The first kappa shape index (κ1) is 16.0. The van der Waals surface area contributed by atoms with Crippen molar-refractivity contribution in [1.82, 2.24) is 10.2 Å². The van der Waals surface area contributed by atoms with E-state index in [1.54, 1.807) is 0 Å². The molecule has 0 bridgehead atoms. The molecule has 0 spiro atoms.